The first-order valence-corrected chi connectivity index (χ1v) is 7.36. The molecule has 0 spiro atoms. The number of carbonyl (C=O) groups excluding carboxylic acids is 1. The third-order valence-electron chi connectivity index (χ3n) is 3.68. The third kappa shape index (κ3) is 3.23. The number of aromatic nitrogens is 2. The lowest BCUT2D eigenvalue weighted by molar-refractivity contribution is 0.0675. The van der Waals surface area contributed by atoms with Gasteiger partial charge in [-0.3, -0.25) is 9.36 Å². The summed E-state index contributed by atoms with van der Waals surface area (Å²) < 4.78 is 38.3. The van der Waals surface area contributed by atoms with Crippen LogP contribution in [0.25, 0.3) is 11.0 Å². The summed E-state index contributed by atoms with van der Waals surface area (Å²) in [5.74, 6) is -0.0726. The lowest BCUT2D eigenvalue weighted by Crippen LogP contribution is -2.14. The Balaban J connectivity index is 1.95. The van der Waals surface area contributed by atoms with Gasteiger partial charge in [0.15, 0.2) is 5.82 Å². The van der Waals surface area contributed by atoms with Gasteiger partial charge < -0.3 is 15.2 Å². The number of rotatable bonds is 6. The van der Waals surface area contributed by atoms with E-state index in [0.29, 0.717) is 16.8 Å². The molecule has 25 heavy (non-hydrogen) atoms. The van der Waals surface area contributed by atoms with Crippen molar-refractivity contribution in [1.82, 2.24) is 9.55 Å². The molecule has 8 heteroatoms. The van der Waals surface area contributed by atoms with Crippen molar-refractivity contribution in [3.05, 3.63) is 53.9 Å². The van der Waals surface area contributed by atoms with Crippen molar-refractivity contribution in [1.29, 1.82) is 0 Å². The highest BCUT2D eigenvalue weighted by Gasteiger charge is 2.19. The van der Waals surface area contributed by atoms with Crippen LogP contribution in [0, 0.1) is 0 Å². The van der Waals surface area contributed by atoms with Crippen LogP contribution in [0.4, 0.5) is 8.78 Å². The number of fused-ring (bicyclic) bond motifs is 1. The van der Waals surface area contributed by atoms with E-state index in [1.54, 1.807) is 30.3 Å². The van der Waals surface area contributed by atoms with Crippen molar-refractivity contribution in [2.45, 2.75) is 13.2 Å². The Morgan fingerprint density at radius 3 is 2.72 bits per heavy atom. The molecular formula is C17H15F2N3O3. The molecule has 0 atom stereocenters. The zero-order valence-corrected chi connectivity index (χ0v) is 13.3. The number of carbonyl (C=O) groups is 1. The molecule has 2 aromatic carbocycles. The molecule has 0 aliphatic heterocycles. The monoisotopic (exact) mass is 347 g/mol. The maximum absolute atomic E-state index is 13.4. The van der Waals surface area contributed by atoms with E-state index in [0.717, 1.165) is 4.57 Å². The van der Waals surface area contributed by atoms with E-state index < -0.39 is 12.5 Å². The average Bonchev–Trinajstić information content (AvgIpc) is 2.98. The summed E-state index contributed by atoms with van der Waals surface area (Å²) in [6, 6.07) is 11.0. The highest BCUT2D eigenvalue weighted by atomic mass is 19.3. The molecule has 0 saturated carbocycles. The van der Waals surface area contributed by atoms with Crippen molar-refractivity contribution in [2.24, 2.45) is 5.73 Å². The lowest BCUT2D eigenvalue weighted by Gasteiger charge is -2.12. The number of hydrogen-bond donors (Lipinski definition) is 1. The van der Waals surface area contributed by atoms with Crippen LogP contribution in [-0.4, -0.2) is 22.6 Å². The quantitative estimate of drug-likeness (QED) is 0.743. The molecule has 0 aliphatic carbocycles. The van der Waals surface area contributed by atoms with Gasteiger partial charge in [0.2, 0.25) is 0 Å². The first-order valence-electron chi connectivity index (χ1n) is 7.36. The Morgan fingerprint density at radius 2 is 2.04 bits per heavy atom. The Morgan fingerprint density at radius 1 is 1.28 bits per heavy atom. The number of halogens is 2. The highest BCUT2D eigenvalue weighted by Crippen LogP contribution is 2.27. The van der Waals surface area contributed by atoms with E-state index in [9.17, 15) is 13.6 Å². The zero-order chi connectivity index (χ0) is 18.0. The van der Waals surface area contributed by atoms with Gasteiger partial charge >= 0.3 is 6.55 Å². The molecule has 6 nitrogen and oxygen atoms in total. The summed E-state index contributed by atoms with van der Waals surface area (Å²) in [6.45, 7) is -3.03. The maximum atomic E-state index is 13.4. The summed E-state index contributed by atoms with van der Waals surface area (Å²) >= 11 is 0. The molecule has 0 aliphatic rings. The fraction of sp³-hybridized carbons (Fsp3) is 0.176. The van der Waals surface area contributed by atoms with E-state index in [-0.39, 0.29) is 23.7 Å². The number of imidazole rings is 1. The SMILES string of the molecule is COc1ccc(C(N)=O)c(OCc2nc3ccccc3n2C(F)F)c1. The molecule has 2 N–H and O–H groups in total. The first kappa shape index (κ1) is 16.7. The van der Waals surface area contributed by atoms with Crippen molar-refractivity contribution in [3.63, 3.8) is 0 Å². The first-order chi connectivity index (χ1) is 12.0. The largest absolute Gasteiger partial charge is 0.497 e. The number of amides is 1. The average molecular weight is 347 g/mol. The molecule has 1 amide bonds. The Hall–Kier alpha value is -3.16. The fourth-order valence-corrected chi connectivity index (χ4v) is 2.51. The minimum absolute atomic E-state index is 0.0365. The van der Waals surface area contributed by atoms with Gasteiger partial charge in [-0.2, -0.15) is 8.78 Å². The minimum Gasteiger partial charge on any atom is -0.497 e. The number of ether oxygens (including phenoxy) is 2. The van der Waals surface area contributed by atoms with Gasteiger partial charge in [-0.05, 0) is 24.3 Å². The van der Waals surface area contributed by atoms with Gasteiger partial charge in [0.05, 0.1) is 23.7 Å². The van der Waals surface area contributed by atoms with Crippen molar-refractivity contribution >= 4 is 16.9 Å². The molecule has 0 fully saturated rings. The summed E-state index contributed by atoms with van der Waals surface area (Å²) in [4.78, 5) is 15.7. The number of nitrogens with two attached hydrogens (primary N) is 1. The zero-order valence-electron chi connectivity index (χ0n) is 13.3. The van der Waals surface area contributed by atoms with Crippen LogP contribution in [-0.2, 0) is 6.61 Å². The number of primary amides is 1. The second-order valence-corrected chi connectivity index (χ2v) is 5.18. The summed E-state index contributed by atoms with van der Waals surface area (Å²) in [5.41, 5.74) is 6.17. The van der Waals surface area contributed by atoms with Crippen molar-refractivity contribution in [2.75, 3.05) is 7.11 Å². The molecule has 3 rings (SSSR count). The fourth-order valence-electron chi connectivity index (χ4n) is 2.51. The van der Waals surface area contributed by atoms with Gasteiger partial charge in [0.1, 0.15) is 18.1 Å². The molecule has 130 valence electrons. The second-order valence-electron chi connectivity index (χ2n) is 5.18. The summed E-state index contributed by atoms with van der Waals surface area (Å²) in [7, 11) is 1.46. The maximum Gasteiger partial charge on any atom is 0.320 e. The highest BCUT2D eigenvalue weighted by molar-refractivity contribution is 5.95. The van der Waals surface area contributed by atoms with E-state index in [4.69, 9.17) is 15.2 Å². The van der Waals surface area contributed by atoms with Crippen LogP contribution in [0.3, 0.4) is 0 Å². The van der Waals surface area contributed by atoms with Crippen molar-refractivity contribution < 1.29 is 23.0 Å². The predicted octanol–water partition coefficient (Wildman–Crippen LogP) is 3.12. The van der Waals surface area contributed by atoms with Gasteiger partial charge in [0, 0.05) is 6.07 Å². The lowest BCUT2D eigenvalue weighted by atomic mass is 10.2. The summed E-state index contributed by atoms with van der Waals surface area (Å²) in [6.07, 6.45) is 0. The number of nitrogens with zero attached hydrogens (tertiary/aromatic N) is 2. The number of alkyl halides is 2. The number of benzene rings is 2. The van der Waals surface area contributed by atoms with Crippen LogP contribution in [0.2, 0.25) is 0 Å². The van der Waals surface area contributed by atoms with E-state index in [2.05, 4.69) is 4.98 Å². The van der Waals surface area contributed by atoms with Crippen molar-refractivity contribution in [3.8, 4) is 11.5 Å². The van der Waals surface area contributed by atoms with E-state index in [1.165, 1.54) is 19.2 Å². The molecule has 0 bridgehead atoms. The molecule has 3 aromatic rings. The number of methoxy groups -OCH3 is 1. The molecule has 0 radical (unpaired) electrons. The molecular weight excluding hydrogens is 332 g/mol. The Kier molecular flexibility index (Phi) is 4.51. The van der Waals surface area contributed by atoms with Gasteiger partial charge in [-0.1, -0.05) is 12.1 Å². The van der Waals surface area contributed by atoms with Crippen LogP contribution < -0.4 is 15.2 Å². The molecule has 1 aromatic heterocycles. The normalized spacial score (nSPS) is 11.0. The van der Waals surface area contributed by atoms with Crippen LogP contribution in [0.15, 0.2) is 42.5 Å². The van der Waals surface area contributed by atoms with Gasteiger partial charge in [-0.15, -0.1) is 0 Å². The number of hydrogen-bond acceptors (Lipinski definition) is 4. The summed E-state index contributed by atoms with van der Waals surface area (Å²) in [5, 5.41) is 0. The van der Waals surface area contributed by atoms with Crippen LogP contribution in [0.5, 0.6) is 11.5 Å². The molecule has 0 saturated heterocycles. The minimum atomic E-state index is -2.77. The van der Waals surface area contributed by atoms with E-state index >= 15 is 0 Å². The predicted molar refractivity (Wildman–Crippen MR) is 86.8 cm³/mol. The Bertz CT molecular complexity index is 925. The van der Waals surface area contributed by atoms with E-state index in [1.807, 2.05) is 0 Å². The number of para-hydroxylation sites is 2. The topological polar surface area (TPSA) is 79.4 Å². The Labute approximate surface area is 141 Å². The second kappa shape index (κ2) is 6.76. The van der Waals surface area contributed by atoms with Gasteiger partial charge in [-0.25, -0.2) is 4.98 Å². The molecule has 1 heterocycles. The van der Waals surface area contributed by atoms with Crippen LogP contribution in [0.1, 0.15) is 22.7 Å². The van der Waals surface area contributed by atoms with Gasteiger partial charge in [0.25, 0.3) is 5.91 Å². The molecule has 0 unspecified atom stereocenters. The smallest absolute Gasteiger partial charge is 0.320 e. The van der Waals surface area contributed by atoms with Crippen LogP contribution >= 0.6 is 0 Å². The standard InChI is InChI=1S/C17H15F2N3O3/c1-24-10-6-7-11(16(20)23)14(8-10)25-9-15-21-12-4-2-3-5-13(12)22(15)17(18)19/h2-8,17H,9H2,1H3,(H2,20,23). The third-order valence-corrected chi connectivity index (χ3v) is 3.68.